The number of benzene rings is 1. The summed E-state index contributed by atoms with van der Waals surface area (Å²) in [7, 11) is -1.81. The quantitative estimate of drug-likeness (QED) is 0.521. The molecule has 1 unspecified atom stereocenters. The molecule has 0 radical (unpaired) electrons. The molecule has 1 aromatic carbocycles. The zero-order valence-electron chi connectivity index (χ0n) is 13.8. The Morgan fingerprint density at radius 2 is 1.75 bits per heavy atom. The van der Waals surface area contributed by atoms with Crippen molar-refractivity contribution in [2.24, 2.45) is 0 Å². The lowest BCUT2D eigenvalue weighted by Crippen LogP contribution is -2.41. The highest BCUT2D eigenvalue weighted by molar-refractivity contribution is 6.74. The minimum atomic E-state index is -1.81. The number of rotatable bonds is 4. The van der Waals surface area contributed by atoms with Crippen LogP contribution in [-0.2, 0) is 4.43 Å². The van der Waals surface area contributed by atoms with Crippen LogP contribution in [0.2, 0.25) is 18.1 Å². The largest absolute Gasteiger partial charge is 0.399 e. The first-order valence-electron chi connectivity index (χ1n) is 7.49. The summed E-state index contributed by atoms with van der Waals surface area (Å²) < 4.78 is 6.50. The topological polar surface area (TPSA) is 9.23 Å². The second kappa shape index (κ2) is 7.11. The highest BCUT2D eigenvalue weighted by atomic mass is 28.4. The van der Waals surface area contributed by atoms with Gasteiger partial charge in [-0.15, -0.1) is 5.92 Å². The SMILES string of the molecule is CCCC#CC(O[Si](C)(C)C(C)(C)C)c1ccccc1. The molecule has 0 aliphatic carbocycles. The predicted molar refractivity (Wildman–Crippen MR) is 90.1 cm³/mol. The van der Waals surface area contributed by atoms with Gasteiger partial charge in [-0.05, 0) is 30.1 Å². The Kier molecular flexibility index (Phi) is 6.04. The zero-order valence-corrected chi connectivity index (χ0v) is 14.8. The number of unbranched alkanes of at least 4 members (excludes halogenated alkanes) is 1. The van der Waals surface area contributed by atoms with Crippen LogP contribution in [0.15, 0.2) is 30.3 Å². The molecular weight excluding hydrogens is 260 g/mol. The summed E-state index contributed by atoms with van der Waals surface area (Å²) in [6.07, 6.45) is 1.93. The van der Waals surface area contributed by atoms with E-state index in [0.29, 0.717) is 0 Å². The van der Waals surface area contributed by atoms with Crippen LogP contribution in [-0.4, -0.2) is 8.32 Å². The molecular formula is C18H28OSi. The van der Waals surface area contributed by atoms with E-state index in [4.69, 9.17) is 4.43 Å². The minimum Gasteiger partial charge on any atom is -0.399 e. The molecule has 0 saturated carbocycles. The van der Waals surface area contributed by atoms with Crippen molar-refractivity contribution in [2.45, 2.75) is 64.8 Å². The second-order valence-corrected chi connectivity index (χ2v) is 11.5. The Hall–Kier alpha value is -1.04. The molecule has 0 heterocycles. The van der Waals surface area contributed by atoms with Gasteiger partial charge < -0.3 is 4.43 Å². The van der Waals surface area contributed by atoms with Gasteiger partial charge in [0.2, 0.25) is 0 Å². The first kappa shape index (κ1) is 17.0. The monoisotopic (exact) mass is 288 g/mol. The maximum atomic E-state index is 6.50. The summed E-state index contributed by atoms with van der Waals surface area (Å²) in [6.45, 7) is 13.5. The van der Waals surface area contributed by atoms with Gasteiger partial charge in [-0.25, -0.2) is 0 Å². The zero-order chi connectivity index (χ0) is 15.2. The Morgan fingerprint density at radius 1 is 1.15 bits per heavy atom. The van der Waals surface area contributed by atoms with E-state index in [1.807, 2.05) is 6.07 Å². The summed E-state index contributed by atoms with van der Waals surface area (Å²) in [5.41, 5.74) is 1.17. The lowest BCUT2D eigenvalue weighted by Gasteiger charge is -2.38. The summed E-state index contributed by atoms with van der Waals surface area (Å²) in [5.74, 6) is 6.58. The van der Waals surface area contributed by atoms with Crippen LogP contribution in [0.4, 0.5) is 0 Å². The fourth-order valence-corrected chi connectivity index (χ4v) is 2.71. The molecule has 0 N–H and O–H groups in total. The van der Waals surface area contributed by atoms with Crippen molar-refractivity contribution >= 4 is 8.32 Å². The maximum absolute atomic E-state index is 6.50. The lowest BCUT2D eigenvalue weighted by atomic mass is 10.1. The molecule has 0 aromatic heterocycles. The van der Waals surface area contributed by atoms with Crippen molar-refractivity contribution in [1.29, 1.82) is 0 Å². The fraction of sp³-hybridized carbons (Fsp3) is 0.556. The van der Waals surface area contributed by atoms with Crippen LogP contribution < -0.4 is 0 Å². The third-order valence-electron chi connectivity index (χ3n) is 3.93. The van der Waals surface area contributed by atoms with Crippen molar-refractivity contribution < 1.29 is 4.43 Å². The van der Waals surface area contributed by atoms with Gasteiger partial charge in [-0.1, -0.05) is 63.9 Å². The van der Waals surface area contributed by atoms with Crippen molar-refractivity contribution in [2.75, 3.05) is 0 Å². The Balaban J connectivity index is 2.99. The Bertz CT molecular complexity index is 460. The standard InChI is InChI=1S/C18H28OSi/c1-7-8-10-15-17(16-13-11-9-12-14-16)19-20(5,6)18(2,3)4/h9,11-14,17H,7-8H2,1-6H3. The summed E-state index contributed by atoms with van der Waals surface area (Å²) in [4.78, 5) is 0. The first-order chi connectivity index (χ1) is 9.28. The van der Waals surface area contributed by atoms with Crippen LogP contribution >= 0.6 is 0 Å². The van der Waals surface area contributed by atoms with E-state index >= 15 is 0 Å². The van der Waals surface area contributed by atoms with E-state index < -0.39 is 8.32 Å². The van der Waals surface area contributed by atoms with Crippen molar-refractivity contribution in [3.05, 3.63) is 35.9 Å². The lowest BCUT2D eigenvalue weighted by molar-refractivity contribution is 0.238. The van der Waals surface area contributed by atoms with E-state index in [9.17, 15) is 0 Å². The molecule has 1 rings (SSSR count). The van der Waals surface area contributed by atoms with Gasteiger partial charge in [-0.2, -0.15) is 0 Å². The van der Waals surface area contributed by atoms with Crippen LogP contribution in [0.1, 0.15) is 52.2 Å². The normalized spacial score (nSPS) is 13.5. The fourth-order valence-electron chi connectivity index (χ4n) is 1.57. The van der Waals surface area contributed by atoms with Gasteiger partial charge in [0, 0.05) is 6.42 Å². The molecule has 0 spiro atoms. The predicted octanol–water partition coefficient (Wildman–Crippen LogP) is 5.55. The van der Waals surface area contributed by atoms with Crippen molar-refractivity contribution in [3.8, 4) is 11.8 Å². The van der Waals surface area contributed by atoms with Crippen LogP contribution in [0.25, 0.3) is 0 Å². The van der Waals surface area contributed by atoms with E-state index in [1.54, 1.807) is 0 Å². The molecule has 1 nitrogen and oxygen atoms in total. The Labute approximate surface area is 125 Å². The maximum Gasteiger partial charge on any atom is 0.194 e. The van der Waals surface area contributed by atoms with Gasteiger partial charge in [0.1, 0.15) is 6.10 Å². The van der Waals surface area contributed by atoms with Gasteiger partial charge in [0.25, 0.3) is 0 Å². The van der Waals surface area contributed by atoms with E-state index in [1.165, 1.54) is 5.56 Å². The minimum absolute atomic E-state index is 0.0939. The van der Waals surface area contributed by atoms with E-state index in [0.717, 1.165) is 12.8 Å². The molecule has 0 bridgehead atoms. The van der Waals surface area contributed by atoms with Crippen molar-refractivity contribution in [1.82, 2.24) is 0 Å². The Morgan fingerprint density at radius 3 is 2.25 bits per heavy atom. The molecule has 0 saturated heterocycles. The molecule has 110 valence electrons. The van der Waals surface area contributed by atoms with E-state index in [2.05, 4.69) is 76.9 Å². The second-order valence-electron chi connectivity index (χ2n) is 6.74. The third-order valence-corrected chi connectivity index (χ3v) is 8.37. The van der Waals surface area contributed by atoms with Gasteiger partial charge in [0.15, 0.2) is 8.32 Å². The van der Waals surface area contributed by atoms with Gasteiger partial charge in [-0.3, -0.25) is 0 Å². The van der Waals surface area contributed by atoms with Crippen LogP contribution in [0, 0.1) is 11.8 Å². The highest BCUT2D eigenvalue weighted by Crippen LogP contribution is 2.39. The summed E-state index contributed by atoms with van der Waals surface area (Å²) >= 11 is 0. The van der Waals surface area contributed by atoms with E-state index in [-0.39, 0.29) is 11.1 Å². The molecule has 2 heteroatoms. The first-order valence-corrected chi connectivity index (χ1v) is 10.4. The molecule has 0 amide bonds. The molecule has 0 aliphatic rings. The smallest absolute Gasteiger partial charge is 0.194 e. The summed E-state index contributed by atoms with van der Waals surface area (Å²) in [6, 6.07) is 10.4. The summed E-state index contributed by atoms with van der Waals surface area (Å²) in [5, 5.41) is 0.201. The van der Waals surface area contributed by atoms with Gasteiger partial charge >= 0.3 is 0 Å². The molecule has 0 aliphatic heterocycles. The number of hydrogen-bond acceptors (Lipinski definition) is 1. The molecule has 20 heavy (non-hydrogen) atoms. The average molecular weight is 289 g/mol. The van der Waals surface area contributed by atoms with Crippen molar-refractivity contribution in [3.63, 3.8) is 0 Å². The molecule has 1 atom stereocenters. The average Bonchev–Trinajstić information content (AvgIpc) is 2.37. The molecule has 1 aromatic rings. The van der Waals surface area contributed by atoms with Crippen LogP contribution in [0.3, 0.4) is 0 Å². The highest BCUT2D eigenvalue weighted by Gasteiger charge is 2.39. The van der Waals surface area contributed by atoms with Crippen LogP contribution in [0.5, 0.6) is 0 Å². The number of hydrogen-bond donors (Lipinski definition) is 0. The third kappa shape index (κ3) is 4.81. The molecule has 0 fully saturated rings. The van der Waals surface area contributed by atoms with Gasteiger partial charge in [0.05, 0.1) is 0 Å².